The molecule has 1 aromatic heterocycles. The van der Waals surface area contributed by atoms with E-state index in [1.165, 1.54) is 49.6 Å². The number of nitrogens with one attached hydrogen (secondary N) is 2. The first kappa shape index (κ1) is 23.3. The number of H-pyrrole nitrogens is 1. The highest BCUT2D eigenvalue weighted by atomic mass is 35.5. The van der Waals surface area contributed by atoms with E-state index in [4.69, 9.17) is 16.3 Å². The number of fused-ring (bicyclic) bond motifs is 1. The second-order valence-electron chi connectivity index (χ2n) is 7.29. The Morgan fingerprint density at radius 3 is 2.53 bits per heavy atom. The van der Waals surface area contributed by atoms with Crippen LogP contribution >= 0.6 is 11.6 Å². The number of halogens is 1. The van der Waals surface area contributed by atoms with E-state index in [0.29, 0.717) is 5.75 Å². The molecule has 4 aromatic rings. The lowest BCUT2D eigenvalue weighted by Crippen LogP contribution is -2.25. The average molecular weight is 495 g/mol. The molecule has 0 unspecified atom stereocenters. The van der Waals surface area contributed by atoms with Gasteiger partial charge in [0, 0.05) is 22.0 Å². The van der Waals surface area contributed by atoms with Crippen LogP contribution in [-0.4, -0.2) is 26.3 Å². The average Bonchev–Trinajstić information content (AvgIpc) is 2.82. The van der Waals surface area contributed by atoms with Gasteiger partial charge in [0.1, 0.15) is 16.2 Å². The van der Waals surface area contributed by atoms with Crippen LogP contribution in [0.3, 0.4) is 0 Å². The third-order valence-electron chi connectivity index (χ3n) is 4.99. The summed E-state index contributed by atoms with van der Waals surface area (Å²) >= 11 is 6.13. The van der Waals surface area contributed by atoms with E-state index in [1.807, 2.05) is 6.07 Å². The summed E-state index contributed by atoms with van der Waals surface area (Å²) in [6.45, 7) is 0. The number of pyridine rings is 1. The second-order valence-corrected chi connectivity index (χ2v) is 9.35. The monoisotopic (exact) mass is 494 g/mol. The number of ketones is 1. The molecular weight excluding hydrogens is 476 g/mol. The van der Waals surface area contributed by atoms with Gasteiger partial charge in [-0.15, -0.1) is 0 Å². The van der Waals surface area contributed by atoms with E-state index >= 15 is 0 Å². The zero-order valence-electron chi connectivity index (χ0n) is 17.9. The van der Waals surface area contributed by atoms with Crippen molar-refractivity contribution in [3.63, 3.8) is 0 Å². The van der Waals surface area contributed by atoms with Crippen molar-refractivity contribution in [1.29, 1.82) is 0 Å². The van der Waals surface area contributed by atoms with Crippen LogP contribution in [-0.2, 0) is 10.0 Å². The highest BCUT2D eigenvalue weighted by molar-refractivity contribution is 7.93. The predicted molar refractivity (Wildman–Crippen MR) is 133 cm³/mol. The Morgan fingerprint density at radius 2 is 1.79 bits per heavy atom. The standard InChI is InChI=1S/C25H19ClN2O5S/c1-33-19-9-5-8-18(15-19)28-34(31,32)24-20-14-17(26)11-12-21(20)27-25(30)23(24)22(29)13-10-16-6-3-2-4-7-16/h2-15,28H,1H3,(H,27,30). The van der Waals surface area contributed by atoms with Gasteiger partial charge in [-0.3, -0.25) is 14.3 Å². The number of ether oxygens (including phenoxy) is 1. The molecule has 7 nitrogen and oxygen atoms in total. The number of anilines is 1. The predicted octanol–water partition coefficient (Wildman–Crippen LogP) is 4.89. The van der Waals surface area contributed by atoms with Gasteiger partial charge in [-0.25, -0.2) is 8.42 Å². The maximum Gasteiger partial charge on any atom is 0.263 e. The minimum absolute atomic E-state index is 0.110. The summed E-state index contributed by atoms with van der Waals surface area (Å²) in [6.07, 6.45) is 2.68. The van der Waals surface area contributed by atoms with Crippen LogP contribution in [0.25, 0.3) is 17.0 Å². The molecule has 0 radical (unpaired) electrons. The molecule has 0 aliphatic rings. The van der Waals surface area contributed by atoms with Gasteiger partial charge in [0.05, 0.1) is 12.8 Å². The molecule has 9 heteroatoms. The zero-order chi connectivity index (χ0) is 24.3. The van der Waals surface area contributed by atoms with Crippen molar-refractivity contribution >= 4 is 50.1 Å². The SMILES string of the molecule is COc1cccc(NS(=O)(=O)c2c(C(=O)C=Cc3ccccc3)c(=O)[nH]c3ccc(Cl)cc23)c1. The Kier molecular flexibility index (Phi) is 6.54. The number of benzene rings is 3. The van der Waals surface area contributed by atoms with Crippen LogP contribution in [0.5, 0.6) is 5.75 Å². The van der Waals surface area contributed by atoms with Gasteiger partial charge >= 0.3 is 0 Å². The van der Waals surface area contributed by atoms with Crippen molar-refractivity contribution in [3.05, 3.63) is 105 Å². The van der Waals surface area contributed by atoms with Gasteiger partial charge in [-0.2, -0.15) is 0 Å². The van der Waals surface area contributed by atoms with Gasteiger partial charge < -0.3 is 9.72 Å². The molecule has 0 aliphatic heterocycles. The van der Waals surface area contributed by atoms with Gasteiger partial charge in [0.25, 0.3) is 15.6 Å². The summed E-state index contributed by atoms with van der Waals surface area (Å²) in [6, 6.07) is 19.6. The summed E-state index contributed by atoms with van der Waals surface area (Å²) in [7, 11) is -2.95. The molecule has 2 N–H and O–H groups in total. The number of aromatic nitrogens is 1. The van der Waals surface area contributed by atoms with E-state index in [-0.39, 0.29) is 21.6 Å². The number of allylic oxidation sites excluding steroid dienone is 1. The minimum atomic E-state index is -4.40. The summed E-state index contributed by atoms with van der Waals surface area (Å²) in [5.74, 6) is -0.334. The molecular formula is C25H19ClN2O5S. The van der Waals surface area contributed by atoms with Crippen molar-refractivity contribution in [2.45, 2.75) is 4.90 Å². The van der Waals surface area contributed by atoms with Gasteiger partial charge in [0.15, 0.2) is 5.78 Å². The first-order chi connectivity index (χ1) is 16.3. The molecule has 0 saturated heterocycles. The lowest BCUT2D eigenvalue weighted by Gasteiger charge is -2.14. The summed E-state index contributed by atoms with van der Waals surface area (Å²) in [5, 5.41) is 0.356. The largest absolute Gasteiger partial charge is 0.497 e. The number of methoxy groups -OCH3 is 1. The van der Waals surface area contributed by atoms with Crippen LogP contribution in [0.4, 0.5) is 5.69 Å². The lowest BCUT2D eigenvalue weighted by atomic mass is 10.1. The zero-order valence-corrected chi connectivity index (χ0v) is 19.5. The first-order valence-corrected chi connectivity index (χ1v) is 11.9. The molecule has 0 bridgehead atoms. The van der Waals surface area contributed by atoms with Crippen LogP contribution in [0.15, 0.2) is 88.6 Å². The molecule has 0 amide bonds. The quantitative estimate of drug-likeness (QED) is 0.281. The van der Waals surface area contributed by atoms with Crippen LogP contribution in [0, 0.1) is 0 Å². The van der Waals surface area contributed by atoms with Crippen molar-refractivity contribution in [3.8, 4) is 5.75 Å². The Balaban J connectivity index is 1.91. The Morgan fingerprint density at radius 1 is 1.03 bits per heavy atom. The van der Waals surface area contributed by atoms with Crippen LogP contribution < -0.4 is 15.0 Å². The number of rotatable bonds is 7. The fourth-order valence-corrected chi connectivity index (χ4v) is 5.08. The second kappa shape index (κ2) is 9.54. The highest BCUT2D eigenvalue weighted by Crippen LogP contribution is 2.29. The van der Waals surface area contributed by atoms with E-state index in [9.17, 15) is 18.0 Å². The van der Waals surface area contributed by atoms with Crippen molar-refractivity contribution in [2.75, 3.05) is 11.8 Å². The topological polar surface area (TPSA) is 105 Å². The summed E-state index contributed by atoms with van der Waals surface area (Å²) in [5.41, 5.74) is -0.201. The van der Waals surface area contributed by atoms with E-state index in [2.05, 4.69) is 9.71 Å². The molecule has 3 aromatic carbocycles. The summed E-state index contributed by atoms with van der Waals surface area (Å²) in [4.78, 5) is 28.2. The molecule has 172 valence electrons. The maximum absolute atomic E-state index is 13.6. The van der Waals surface area contributed by atoms with E-state index < -0.39 is 31.8 Å². The summed E-state index contributed by atoms with van der Waals surface area (Å²) < 4.78 is 34.7. The number of hydrogen-bond acceptors (Lipinski definition) is 5. The Hall–Kier alpha value is -3.88. The van der Waals surface area contributed by atoms with E-state index in [0.717, 1.165) is 5.56 Å². The minimum Gasteiger partial charge on any atom is -0.497 e. The van der Waals surface area contributed by atoms with Gasteiger partial charge in [-0.05, 0) is 42.0 Å². The number of sulfonamides is 1. The number of aromatic amines is 1. The normalized spacial score (nSPS) is 11.6. The van der Waals surface area contributed by atoms with Crippen molar-refractivity contribution in [2.24, 2.45) is 0 Å². The molecule has 0 aliphatic carbocycles. The number of carbonyl (C=O) groups is 1. The van der Waals surface area contributed by atoms with Crippen LogP contribution in [0.2, 0.25) is 5.02 Å². The molecule has 1 heterocycles. The highest BCUT2D eigenvalue weighted by Gasteiger charge is 2.28. The molecule has 0 fully saturated rings. The molecule has 4 rings (SSSR count). The lowest BCUT2D eigenvalue weighted by molar-refractivity contribution is 0.104. The maximum atomic E-state index is 13.6. The van der Waals surface area contributed by atoms with Crippen LogP contribution in [0.1, 0.15) is 15.9 Å². The molecule has 0 atom stereocenters. The van der Waals surface area contributed by atoms with Crippen molar-refractivity contribution < 1.29 is 17.9 Å². The molecule has 0 saturated carbocycles. The third-order valence-corrected chi connectivity index (χ3v) is 6.69. The first-order valence-electron chi connectivity index (χ1n) is 10.1. The third kappa shape index (κ3) is 4.88. The molecule has 0 spiro atoms. The number of hydrogen-bond donors (Lipinski definition) is 2. The smallest absolute Gasteiger partial charge is 0.263 e. The van der Waals surface area contributed by atoms with Gasteiger partial charge in [0.2, 0.25) is 0 Å². The fourth-order valence-electron chi connectivity index (χ4n) is 3.45. The van der Waals surface area contributed by atoms with E-state index in [1.54, 1.807) is 36.4 Å². The van der Waals surface area contributed by atoms with Crippen molar-refractivity contribution in [1.82, 2.24) is 4.98 Å². The molecule has 34 heavy (non-hydrogen) atoms. The fraction of sp³-hybridized carbons (Fsp3) is 0.0400. The Labute approximate surface area is 200 Å². The Bertz CT molecular complexity index is 1580. The van der Waals surface area contributed by atoms with Gasteiger partial charge in [-0.1, -0.05) is 54.1 Å². The number of carbonyl (C=O) groups excluding carboxylic acids is 1.